The van der Waals surface area contributed by atoms with E-state index in [4.69, 9.17) is 5.14 Å². The molecular formula is C20H24N4O2S. The van der Waals surface area contributed by atoms with Gasteiger partial charge in [-0.25, -0.2) is 13.6 Å². The molecule has 7 heteroatoms. The first kappa shape index (κ1) is 19.5. The second-order valence-electron chi connectivity index (χ2n) is 6.99. The number of likely N-dealkylation sites (N-methyl/N-ethyl adjacent to an activating group) is 1. The number of hydrogen-bond acceptors (Lipinski definition) is 5. The zero-order valence-electron chi connectivity index (χ0n) is 15.4. The average Bonchev–Trinajstić information content (AvgIpc) is 2.85. The first-order chi connectivity index (χ1) is 12.9. The van der Waals surface area contributed by atoms with Crippen LogP contribution in [-0.2, 0) is 16.6 Å². The van der Waals surface area contributed by atoms with Crippen molar-refractivity contribution in [3.8, 4) is 17.2 Å². The van der Waals surface area contributed by atoms with E-state index in [9.17, 15) is 13.7 Å². The smallest absolute Gasteiger partial charge is 0.238 e. The van der Waals surface area contributed by atoms with E-state index in [0.717, 1.165) is 55.8 Å². The maximum atomic E-state index is 11.4. The van der Waals surface area contributed by atoms with Crippen molar-refractivity contribution in [1.82, 2.24) is 9.80 Å². The van der Waals surface area contributed by atoms with Gasteiger partial charge >= 0.3 is 0 Å². The number of nitriles is 1. The maximum Gasteiger partial charge on any atom is 0.238 e. The Kier molecular flexibility index (Phi) is 5.92. The fraction of sp³-hybridized carbons (Fsp3) is 0.350. The van der Waals surface area contributed by atoms with E-state index in [0.29, 0.717) is 5.56 Å². The van der Waals surface area contributed by atoms with Gasteiger partial charge in [0.2, 0.25) is 10.0 Å². The number of benzene rings is 2. The fourth-order valence-electron chi connectivity index (χ4n) is 3.37. The lowest BCUT2D eigenvalue weighted by atomic mass is 9.98. The molecule has 0 radical (unpaired) electrons. The molecule has 0 bridgehead atoms. The van der Waals surface area contributed by atoms with Crippen molar-refractivity contribution >= 4 is 10.0 Å². The van der Waals surface area contributed by atoms with E-state index in [2.05, 4.69) is 22.9 Å². The molecule has 0 aromatic heterocycles. The summed E-state index contributed by atoms with van der Waals surface area (Å²) in [5.41, 5.74) is 3.28. The summed E-state index contributed by atoms with van der Waals surface area (Å²) in [4.78, 5) is 4.82. The highest BCUT2D eigenvalue weighted by atomic mass is 32.2. The largest absolute Gasteiger partial charge is 0.305 e. The third-order valence-electron chi connectivity index (χ3n) is 4.92. The first-order valence-corrected chi connectivity index (χ1v) is 10.5. The Balaban J connectivity index is 1.81. The Morgan fingerprint density at radius 3 is 2.48 bits per heavy atom. The summed E-state index contributed by atoms with van der Waals surface area (Å²) >= 11 is 0. The van der Waals surface area contributed by atoms with Gasteiger partial charge in [-0.15, -0.1) is 0 Å². The van der Waals surface area contributed by atoms with Crippen molar-refractivity contribution in [3.63, 3.8) is 0 Å². The van der Waals surface area contributed by atoms with Crippen LogP contribution in [0.1, 0.15) is 17.5 Å². The van der Waals surface area contributed by atoms with Gasteiger partial charge in [0.25, 0.3) is 0 Å². The van der Waals surface area contributed by atoms with Gasteiger partial charge in [0.05, 0.1) is 16.5 Å². The van der Waals surface area contributed by atoms with Crippen LogP contribution in [-0.4, -0.2) is 51.4 Å². The summed E-state index contributed by atoms with van der Waals surface area (Å²) in [7, 11) is -1.58. The fourth-order valence-corrected chi connectivity index (χ4v) is 3.89. The zero-order valence-corrected chi connectivity index (χ0v) is 16.2. The third-order valence-corrected chi connectivity index (χ3v) is 5.85. The molecule has 1 heterocycles. The number of primary sulfonamides is 1. The van der Waals surface area contributed by atoms with E-state index in [1.807, 2.05) is 18.2 Å². The van der Waals surface area contributed by atoms with Gasteiger partial charge in [0.1, 0.15) is 0 Å². The van der Waals surface area contributed by atoms with Crippen LogP contribution in [0.4, 0.5) is 0 Å². The van der Waals surface area contributed by atoms with Gasteiger partial charge < -0.3 is 4.90 Å². The summed E-state index contributed by atoms with van der Waals surface area (Å²) in [5.74, 6) is 0. The van der Waals surface area contributed by atoms with Crippen LogP contribution >= 0.6 is 0 Å². The molecule has 2 N–H and O–H groups in total. The topological polar surface area (TPSA) is 90.4 Å². The SMILES string of the molecule is CN1CCCN(Cc2ccc(-c3ccc(S(N)(=O)=O)cc3)c(C#N)c2)CC1. The number of nitrogens with two attached hydrogens (primary N) is 1. The molecule has 1 fully saturated rings. The monoisotopic (exact) mass is 384 g/mol. The molecule has 0 amide bonds. The number of rotatable bonds is 4. The highest BCUT2D eigenvalue weighted by Gasteiger charge is 2.14. The molecule has 1 saturated heterocycles. The summed E-state index contributed by atoms with van der Waals surface area (Å²) in [6.07, 6.45) is 1.15. The first-order valence-electron chi connectivity index (χ1n) is 8.94. The lowest BCUT2D eigenvalue weighted by Crippen LogP contribution is -2.28. The van der Waals surface area contributed by atoms with Crippen molar-refractivity contribution in [1.29, 1.82) is 5.26 Å². The van der Waals surface area contributed by atoms with Gasteiger partial charge in [-0.3, -0.25) is 4.90 Å². The zero-order chi connectivity index (χ0) is 19.4. The molecule has 2 aromatic rings. The standard InChI is InChI=1S/C20H24N4O2S/c1-23-9-2-10-24(12-11-23)15-16-3-8-20(18(13-16)14-21)17-4-6-19(7-5-17)27(22,25)26/h3-8,13H,2,9-12,15H2,1H3,(H2,22,25,26). The van der Waals surface area contributed by atoms with Gasteiger partial charge in [0.15, 0.2) is 0 Å². The molecule has 1 aliphatic rings. The molecule has 6 nitrogen and oxygen atoms in total. The third kappa shape index (κ3) is 4.93. The quantitative estimate of drug-likeness (QED) is 0.871. The molecule has 0 unspecified atom stereocenters. The Morgan fingerprint density at radius 2 is 1.81 bits per heavy atom. The Bertz CT molecular complexity index is 949. The molecule has 0 aliphatic carbocycles. The molecule has 142 valence electrons. The van der Waals surface area contributed by atoms with Crippen LogP contribution in [0.5, 0.6) is 0 Å². The Morgan fingerprint density at radius 1 is 1.07 bits per heavy atom. The number of hydrogen-bond donors (Lipinski definition) is 1. The molecule has 1 aliphatic heterocycles. The second-order valence-corrected chi connectivity index (χ2v) is 8.56. The molecule has 0 spiro atoms. The van der Waals surface area contributed by atoms with Gasteiger partial charge in [-0.2, -0.15) is 5.26 Å². The predicted octanol–water partition coefficient (Wildman–Crippen LogP) is 2.01. The lowest BCUT2D eigenvalue weighted by molar-refractivity contribution is 0.269. The van der Waals surface area contributed by atoms with Crippen molar-refractivity contribution in [2.45, 2.75) is 17.9 Å². The van der Waals surface area contributed by atoms with Crippen molar-refractivity contribution < 1.29 is 8.42 Å². The van der Waals surface area contributed by atoms with Gasteiger partial charge in [-0.1, -0.05) is 24.3 Å². The van der Waals surface area contributed by atoms with Crippen LogP contribution in [0.25, 0.3) is 11.1 Å². The normalized spacial score (nSPS) is 16.6. The highest BCUT2D eigenvalue weighted by molar-refractivity contribution is 7.89. The van der Waals surface area contributed by atoms with Crippen LogP contribution < -0.4 is 5.14 Å². The van der Waals surface area contributed by atoms with Gasteiger partial charge in [0, 0.05) is 19.6 Å². The summed E-state index contributed by atoms with van der Waals surface area (Å²) in [6, 6.07) is 14.5. The molecule has 0 saturated carbocycles. The van der Waals surface area contributed by atoms with E-state index >= 15 is 0 Å². The molecule has 3 rings (SSSR count). The van der Waals surface area contributed by atoms with Crippen LogP contribution in [0, 0.1) is 11.3 Å². The van der Waals surface area contributed by atoms with Gasteiger partial charge in [-0.05, 0) is 61.4 Å². The van der Waals surface area contributed by atoms with Crippen molar-refractivity contribution in [3.05, 3.63) is 53.6 Å². The van der Waals surface area contributed by atoms with E-state index in [1.54, 1.807) is 12.1 Å². The van der Waals surface area contributed by atoms with E-state index in [-0.39, 0.29) is 4.90 Å². The second kappa shape index (κ2) is 8.19. The van der Waals surface area contributed by atoms with E-state index < -0.39 is 10.0 Å². The minimum Gasteiger partial charge on any atom is -0.305 e. The Hall–Kier alpha value is -2.24. The molecule has 27 heavy (non-hydrogen) atoms. The average molecular weight is 385 g/mol. The van der Waals surface area contributed by atoms with Crippen molar-refractivity contribution in [2.75, 3.05) is 33.2 Å². The number of sulfonamides is 1. The van der Waals surface area contributed by atoms with Crippen LogP contribution in [0.15, 0.2) is 47.4 Å². The predicted molar refractivity (Wildman–Crippen MR) is 105 cm³/mol. The highest BCUT2D eigenvalue weighted by Crippen LogP contribution is 2.26. The van der Waals surface area contributed by atoms with Crippen molar-refractivity contribution in [2.24, 2.45) is 5.14 Å². The lowest BCUT2D eigenvalue weighted by Gasteiger charge is -2.20. The summed E-state index contributed by atoms with van der Waals surface area (Å²) in [5, 5.41) is 14.7. The van der Waals surface area contributed by atoms with E-state index in [1.165, 1.54) is 12.1 Å². The molecule has 2 aromatic carbocycles. The Labute approximate surface area is 160 Å². The minimum absolute atomic E-state index is 0.0625. The summed E-state index contributed by atoms with van der Waals surface area (Å²) < 4.78 is 22.8. The number of nitrogens with zero attached hydrogens (tertiary/aromatic N) is 3. The summed E-state index contributed by atoms with van der Waals surface area (Å²) in [6.45, 7) is 5.08. The van der Waals surface area contributed by atoms with Crippen LogP contribution in [0.2, 0.25) is 0 Å². The molecular weight excluding hydrogens is 360 g/mol. The maximum absolute atomic E-state index is 11.4. The molecule has 0 atom stereocenters. The minimum atomic E-state index is -3.72. The van der Waals surface area contributed by atoms with Crippen LogP contribution in [0.3, 0.4) is 0 Å².